The smallest absolute Gasteiger partial charge is 0.230 e. The number of methoxy groups -OCH3 is 1. The lowest BCUT2D eigenvalue weighted by molar-refractivity contribution is -0.119. The van der Waals surface area contributed by atoms with E-state index < -0.39 is 0 Å². The van der Waals surface area contributed by atoms with E-state index in [0.29, 0.717) is 18.0 Å². The lowest BCUT2D eigenvalue weighted by atomic mass is 10.1. The molecular weight excluding hydrogens is 376 g/mol. The summed E-state index contributed by atoms with van der Waals surface area (Å²) in [5.41, 5.74) is 1.58. The number of amides is 1. The SMILES string of the molecule is COc1ccc(CC(=O)NC(=S)Nc2ccccc2OCC2CCCO2)cc1. The zero-order chi connectivity index (χ0) is 19.8. The van der Waals surface area contributed by atoms with Crippen LogP contribution in [-0.4, -0.2) is 37.4 Å². The standard InChI is InChI=1S/C21H24N2O4S/c1-25-16-10-8-15(9-11-16)13-20(24)23-21(28)22-18-6-2-3-7-19(18)27-14-17-5-4-12-26-17/h2-3,6-11,17H,4-5,12-14H2,1H3,(H2,22,23,24,28). The van der Waals surface area contributed by atoms with Gasteiger partial charge in [0.25, 0.3) is 0 Å². The number of anilines is 1. The van der Waals surface area contributed by atoms with Gasteiger partial charge in [0.1, 0.15) is 18.1 Å². The molecule has 1 saturated heterocycles. The molecule has 1 unspecified atom stereocenters. The molecule has 0 aliphatic carbocycles. The first kappa shape index (κ1) is 20.1. The Bertz CT molecular complexity index is 804. The van der Waals surface area contributed by atoms with Crippen molar-refractivity contribution in [2.75, 3.05) is 25.6 Å². The minimum absolute atomic E-state index is 0.129. The van der Waals surface area contributed by atoms with Gasteiger partial charge in [0.05, 0.1) is 25.3 Å². The van der Waals surface area contributed by atoms with Crippen LogP contribution in [0, 0.1) is 0 Å². The molecule has 1 aliphatic heterocycles. The highest BCUT2D eigenvalue weighted by Crippen LogP contribution is 2.25. The van der Waals surface area contributed by atoms with Crippen molar-refractivity contribution in [2.24, 2.45) is 0 Å². The molecule has 7 heteroatoms. The molecular formula is C21H24N2O4S. The van der Waals surface area contributed by atoms with Crippen LogP contribution in [0.25, 0.3) is 0 Å². The Morgan fingerprint density at radius 1 is 1.21 bits per heavy atom. The third-order valence-electron chi connectivity index (χ3n) is 4.36. The average Bonchev–Trinajstić information content (AvgIpc) is 3.21. The Morgan fingerprint density at radius 2 is 2.00 bits per heavy atom. The number of rotatable bonds is 7. The number of nitrogens with one attached hydrogen (secondary N) is 2. The van der Waals surface area contributed by atoms with Crippen molar-refractivity contribution in [1.29, 1.82) is 0 Å². The van der Waals surface area contributed by atoms with Gasteiger partial charge in [-0.25, -0.2) is 0 Å². The molecule has 2 aromatic carbocycles. The van der Waals surface area contributed by atoms with E-state index in [1.165, 1.54) is 0 Å². The van der Waals surface area contributed by atoms with Gasteiger partial charge in [-0.1, -0.05) is 24.3 Å². The Hall–Kier alpha value is -2.64. The number of thiocarbonyl (C=S) groups is 1. The van der Waals surface area contributed by atoms with Crippen LogP contribution in [0.2, 0.25) is 0 Å². The summed E-state index contributed by atoms with van der Waals surface area (Å²) in [6.07, 6.45) is 2.43. The lowest BCUT2D eigenvalue weighted by Gasteiger charge is -2.16. The van der Waals surface area contributed by atoms with Crippen LogP contribution >= 0.6 is 12.2 Å². The summed E-state index contributed by atoms with van der Waals surface area (Å²) in [7, 11) is 1.61. The fourth-order valence-electron chi connectivity index (χ4n) is 2.91. The summed E-state index contributed by atoms with van der Waals surface area (Å²) in [6.45, 7) is 1.29. The van der Waals surface area contributed by atoms with Crippen molar-refractivity contribution >= 4 is 28.9 Å². The van der Waals surface area contributed by atoms with Gasteiger partial charge in [0, 0.05) is 6.61 Å². The van der Waals surface area contributed by atoms with Crippen LogP contribution < -0.4 is 20.1 Å². The molecule has 28 heavy (non-hydrogen) atoms. The molecule has 0 aromatic heterocycles. The normalized spacial score (nSPS) is 15.7. The van der Waals surface area contributed by atoms with Crippen LogP contribution in [0.1, 0.15) is 18.4 Å². The molecule has 1 amide bonds. The van der Waals surface area contributed by atoms with E-state index in [1.807, 2.05) is 48.5 Å². The summed E-state index contributed by atoms with van der Waals surface area (Å²) >= 11 is 5.28. The second-order valence-electron chi connectivity index (χ2n) is 6.47. The first-order valence-electron chi connectivity index (χ1n) is 9.21. The summed E-state index contributed by atoms with van der Waals surface area (Å²) in [4.78, 5) is 12.2. The summed E-state index contributed by atoms with van der Waals surface area (Å²) in [5, 5.41) is 5.96. The largest absolute Gasteiger partial charge is 0.497 e. The molecule has 0 bridgehead atoms. The third-order valence-corrected chi connectivity index (χ3v) is 4.56. The Balaban J connectivity index is 1.51. The van der Waals surface area contributed by atoms with Crippen molar-refractivity contribution < 1.29 is 19.0 Å². The topological polar surface area (TPSA) is 68.8 Å². The predicted molar refractivity (Wildman–Crippen MR) is 112 cm³/mol. The first-order chi connectivity index (χ1) is 13.6. The van der Waals surface area contributed by atoms with E-state index in [9.17, 15) is 4.79 Å². The molecule has 6 nitrogen and oxygen atoms in total. The molecule has 2 N–H and O–H groups in total. The minimum Gasteiger partial charge on any atom is -0.497 e. The van der Waals surface area contributed by atoms with Gasteiger partial charge in [-0.3, -0.25) is 4.79 Å². The van der Waals surface area contributed by atoms with E-state index in [0.717, 1.165) is 30.8 Å². The molecule has 1 atom stereocenters. The Kier molecular flexibility index (Phi) is 7.22. The Morgan fingerprint density at radius 3 is 2.71 bits per heavy atom. The zero-order valence-electron chi connectivity index (χ0n) is 15.8. The van der Waals surface area contributed by atoms with Crippen LogP contribution in [-0.2, 0) is 16.0 Å². The van der Waals surface area contributed by atoms with E-state index in [2.05, 4.69) is 10.6 Å². The Labute approximate surface area is 170 Å². The molecule has 1 heterocycles. The summed E-state index contributed by atoms with van der Waals surface area (Å²) in [5.74, 6) is 1.23. The zero-order valence-corrected chi connectivity index (χ0v) is 16.6. The number of carbonyl (C=O) groups is 1. The number of ether oxygens (including phenoxy) is 3. The second kappa shape index (κ2) is 10.1. The van der Waals surface area contributed by atoms with E-state index >= 15 is 0 Å². The molecule has 0 spiro atoms. The maximum Gasteiger partial charge on any atom is 0.230 e. The molecule has 1 aliphatic rings. The molecule has 1 fully saturated rings. The van der Waals surface area contributed by atoms with Gasteiger partial charge in [0.2, 0.25) is 5.91 Å². The van der Waals surface area contributed by atoms with Gasteiger partial charge in [-0.05, 0) is 54.9 Å². The predicted octanol–water partition coefficient (Wildman–Crippen LogP) is 3.31. The van der Waals surface area contributed by atoms with Gasteiger partial charge < -0.3 is 24.8 Å². The fourth-order valence-corrected chi connectivity index (χ4v) is 3.13. The molecule has 3 rings (SSSR count). The quantitative estimate of drug-likeness (QED) is 0.695. The van der Waals surface area contributed by atoms with Crippen molar-refractivity contribution in [2.45, 2.75) is 25.4 Å². The van der Waals surface area contributed by atoms with Crippen molar-refractivity contribution in [3.8, 4) is 11.5 Å². The highest BCUT2D eigenvalue weighted by molar-refractivity contribution is 7.80. The lowest BCUT2D eigenvalue weighted by Crippen LogP contribution is -2.35. The molecule has 0 saturated carbocycles. The van der Waals surface area contributed by atoms with Crippen LogP contribution in [0.4, 0.5) is 5.69 Å². The molecule has 2 aromatic rings. The number of benzene rings is 2. The van der Waals surface area contributed by atoms with E-state index in [1.54, 1.807) is 7.11 Å². The fraction of sp³-hybridized carbons (Fsp3) is 0.333. The monoisotopic (exact) mass is 400 g/mol. The van der Waals surface area contributed by atoms with Crippen LogP contribution in [0.3, 0.4) is 0 Å². The van der Waals surface area contributed by atoms with Crippen LogP contribution in [0.15, 0.2) is 48.5 Å². The van der Waals surface area contributed by atoms with E-state index in [4.69, 9.17) is 26.4 Å². The van der Waals surface area contributed by atoms with E-state index in [-0.39, 0.29) is 23.5 Å². The van der Waals surface area contributed by atoms with Gasteiger partial charge in [-0.2, -0.15) is 0 Å². The van der Waals surface area contributed by atoms with Gasteiger partial charge in [0.15, 0.2) is 5.11 Å². The maximum atomic E-state index is 12.2. The van der Waals surface area contributed by atoms with Crippen molar-refractivity contribution in [3.63, 3.8) is 0 Å². The third kappa shape index (κ3) is 5.94. The summed E-state index contributed by atoms with van der Waals surface area (Å²) < 4.78 is 16.6. The highest BCUT2D eigenvalue weighted by Gasteiger charge is 2.17. The number of hydrogen-bond donors (Lipinski definition) is 2. The number of carbonyl (C=O) groups excluding carboxylic acids is 1. The summed E-state index contributed by atoms with van der Waals surface area (Å²) in [6, 6.07) is 14.8. The van der Waals surface area contributed by atoms with Gasteiger partial charge in [-0.15, -0.1) is 0 Å². The van der Waals surface area contributed by atoms with Crippen molar-refractivity contribution in [3.05, 3.63) is 54.1 Å². The molecule has 148 valence electrons. The highest BCUT2D eigenvalue weighted by atomic mass is 32.1. The number of hydrogen-bond acceptors (Lipinski definition) is 5. The van der Waals surface area contributed by atoms with Crippen LogP contribution in [0.5, 0.6) is 11.5 Å². The molecule has 0 radical (unpaired) electrons. The van der Waals surface area contributed by atoms with Crippen molar-refractivity contribution in [1.82, 2.24) is 5.32 Å². The first-order valence-corrected chi connectivity index (χ1v) is 9.62. The maximum absolute atomic E-state index is 12.2. The van der Waals surface area contributed by atoms with Gasteiger partial charge >= 0.3 is 0 Å². The number of para-hydroxylation sites is 2. The second-order valence-corrected chi connectivity index (χ2v) is 6.88. The minimum atomic E-state index is -0.194. The average molecular weight is 401 g/mol.